The molecule has 1 aromatic rings. The average Bonchev–Trinajstić information content (AvgIpc) is 2.45. The molecule has 96 valence electrons. The summed E-state index contributed by atoms with van der Waals surface area (Å²) < 4.78 is 0. The maximum atomic E-state index is 3.57. The van der Waals surface area contributed by atoms with E-state index in [2.05, 4.69) is 35.5 Å². The van der Waals surface area contributed by atoms with Crippen LogP contribution in [0.3, 0.4) is 0 Å². The molecule has 1 fully saturated rings. The highest BCUT2D eigenvalue weighted by atomic mass is 32.2. The Hall–Kier alpha value is -0.910. The first-order chi connectivity index (χ1) is 8.88. The lowest BCUT2D eigenvalue weighted by atomic mass is 9.95. The zero-order valence-electron chi connectivity index (χ0n) is 11.0. The highest BCUT2D eigenvalue weighted by molar-refractivity contribution is 7.99. The molecule has 2 unspecified atom stereocenters. The first-order valence-electron chi connectivity index (χ1n) is 6.68. The number of hydrogen-bond acceptors (Lipinski definition) is 2. The third-order valence-corrected chi connectivity index (χ3v) is 4.54. The Bertz CT molecular complexity index is 404. The van der Waals surface area contributed by atoms with E-state index in [1.807, 2.05) is 30.0 Å². The van der Waals surface area contributed by atoms with Crippen LogP contribution >= 0.6 is 11.8 Å². The summed E-state index contributed by atoms with van der Waals surface area (Å²) in [6.45, 7) is 0.806. The standard InChI is InChI=1S/C16H21NS/c1-18-16-11-5-10-15(13-16)17-12-6-9-14-7-3-2-4-8-14/h2-4,7-8,15-17H,5,10-13H2,1H3. The first kappa shape index (κ1) is 13.5. The minimum absolute atomic E-state index is 0.668. The number of thioether (sulfide) groups is 1. The van der Waals surface area contributed by atoms with Crippen molar-refractivity contribution < 1.29 is 0 Å². The van der Waals surface area contributed by atoms with Crippen LogP contribution in [0.1, 0.15) is 31.2 Å². The summed E-state index contributed by atoms with van der Waals surface area (Å²) in [7, 11) is 0. The molecule has 1 N–H and O–H groups in total. The van der Waals surface area contributed by atoms with Crippen molar-refractivity contribution in [3.05, 3.63) is 35.9 Å². The van der Waals surface area contributed by atoms with Gasteiger partial charge in [0.05, 0.1) is 6.54 Å². The van der Waals surface area contributed by atoms with Crippen LogP contribution in [0.25, 0.3) is 0 Å². The Morgan fingerprint density at radius 1 is 1.28 bits per heavy atom. The molecule has 0 bridgehead atoms. The summed E-state index contributed by atoms with van der Waals surface area (Å²) >= 11 is 2.01. The van der Waals surface area contributed by atoms with Gasteiger partial charge in [-0.05, 0) is 37.7 Å². The van der Waals surface area contributed by atoms with Gasteiger partial charge in [-0.25, -0.2) is 0 Å². The van der Waals surface area contributed by atoms with Crippen LogP contribution in [0.2, 0.25) is 0 Å². The van der Waals surface area contributed by atoms with E-state index in [9.17, 15) is 0 Å². The predicted molar refractivity (Wildman–Crippen MR) is 80.9 cm³/mol. The van der Waals surface area contributed by atoms with Gasteiger partial charge < -0.3 is 5.32 Å². The zero-order chi connectivity index (χ0) is 12.6. The minimum Gasteiger partial charge on any atom is -0.303 e. The second-order valence-corrected chi connectivity index (χ2v) is 5.91. The van der Waals surface area contributed by atoms with E-state index >= 15 is 0 Å². The quantitative estimate of drug-likeness (QED) is 0.836. The second kappa shape index (κ2) is 7.51. The smallest absolute Gasteiger partial charge is 0.0582 e. The summed E-state index contributed by atoms with van der Waals surface area (Å²) in [5.41, 5.74) is 1.10. The van der Waals surface area contributed by atoms with Crippen molar-refractivity contribution in [3.63, 3.8) is 0 Å². The van der Waals surface area contributed by atoms with Gasteiger partial charge >= 0.3 is 0 Å². The van der Waals surface area contributed by atoms with Gasteiger partial charge in [-0.1, -0.05) is 36.5 Å². The largest absolute Gasteiger partial charge is 0.303 e. The van der Waals surface area contributed by atoms with Crippen LogP contribution < -0.4 is 5.32 Å². The molecular formula is C16H21NS. The molecule has 2 heteroatoms. The van der Waals surface area contributed by atoms with Crippen molar-refractivity contribution in [2.75, 3.05) is 12.8 Å². The third kappa shape index (κ3) is 4.40. The summed E-state index contributed by atoms with van der Waals surface area (Å²) in [4.78, 5) is 0. The molecule has 0 spiro atoms. The van der Waals surface area contributed by atoms with E-state index in [0.717, 1.165) is 17.4 Å². The second-order valence-electron chi connectivity index (χ2n) is 4.77. The normalized spacial score (nSPS) is 23.2. The van der Waals surface area contributed by atoms with Crippen LogP contribution in [-0.2, 0) is 0 Å². The van der Waals surface area contributed by atoms with Crippen LogP contribution in [0.4, 0.5) is 0 Å². The van der Waals surface area contributed by atoms with Crippen molar-refractivity contribution in [3.8, 4) is 11.8 Å². The molecule has 1 saturated carbocycles. The van der Waals surface area contributed by atoms with E-state index in [0.29, 0.717) is 6.04 Å². The average molecular weight is 259 g/mol. The van der Waals surface area contributed by atoms with Gasteiger partial charge in [0.15, 0.2) is 0 Å². The molecule has 1 nitrogen and oxygen atoms in total. The fourth-order valence-corrected chi connectivity index (χ4v) is 3.23. The van der Waals surface area contributed by atoms with Gasteiger partial charge in [0.25, 0.3) is 0 Å². The molecule has 0 amide bonds. The van der Waals surface area contributed by atoms with E-state index in [1.54, 1.807) is 0 Å². The van der Waals surface area contributed by atoms with E-state index in [4.69, 9.17) is 0 Å². The Labute approximate surface area is 115 Å². The van der Waals surface area contributed by atoms with Gasteiger partial charge in [0.1, 0.15) is 0 Å². The molecule has 2 atom stereocenters. The van der Waals surface area contributed by atoms with Gasteiger partial charge in [0, 0.05) is 16.9 Å². The van der Waals surface area contributed by atoms with Crippen molar-refractivity contribution in [2.24, 2.45) is 0 Å². The van der Waals surface area contributed by atoms with Gasteiger partial charge in [-0.15, -0.1) is 0 Å². The van der Waals surface area contributed by atoms with Crippen LogP contribution in [0.5, 0.6) is 0 Å². The van der Waals surface area contributed by atoms with Crippen molar-refractivity contribution in [2.45, 2.75) is 37.0 Å². The topological polar surface area (TPSA) is 12.0 Å². The molecule has 0 aromatic heterocycles. The van der Waals surface area contributed by atoms with Crippen LogP contribution in [0, 0.1) is 11.8 Å². The zero-order valence-corrected chi connectivity index (χ0v) is 11.8. The summed E-state index contributed by atoms with van der Waals surface area (Å²) in [6.07, 6.45) is 7.57. The number of rotatable bonds is 3. The lowest BCUT2D eigenvalue weighted by Crippen LogP contribution is -2.35. The molecule has 1 aliphatic rings. The third-order valence-electron chi connectivity index (χ3n) is 3.45. The monoisotopic (exact) mass is 259 g/mol. The van der Waals surface area contributed by atoms with Gasteiger partial charge in [0.2, 0.25) is 0 Å². The number of hydrogen-bond donors (Lipinski definition) is 1. The van der Waals surface area contributed by atoms with E-state index in [-0.39, 0.29) is 0 Å². The van der Waals surface area contributed by atoms with Crippen molar-refractivity contribution >= 4 is 11.8 Å². The fourth-order valence-electron chi connectivity index (χ4n) is 2.41. The highest BCUT2D eigenvalue weighted by Crippen LogP contribution is 2.26. The minimum atomic E-state index is 0.668. The molecule has 18 heavy (non-hydrogen) atoms. The molecule has 0 saturated heterocycles. The van der Waals surface area contributed by atoms with Gasteiger partial charge in [-0.2, -0.15) is 11.8 Å². The molecule has 2 rings (SSSR count). The van der Waals surface area contributed by atoms with Gasteiger partial charge in [-0.3, -0.25) is 0 Å². The molecular weight excluding hydrogens is 238 g/mol. The summed E-state index contributed by atoms with van der Waals surface area (Å²) in [6, 6.07) is 10.9. The maximum absolute atomic E-state index is 3.57. The van der Waals surface area contributed by atoms with Crippen molar-refractivity contribution in [1.29, 1.82) is 0 Å². The Balaban J connectivity index is 1.74. The van der Waals surface area contributed by atoms with E-state index in [1.165, 1.54) is 25.7 Å². The van der Waals surface area contributed by atoms with Crippen LogP contribution in [0.15, 0.2) is 30.3 Å². The maximum Gasteiger partial charge on any atom is 0.0582 e. The summed E-state index contributed by atoms with van der Waals surface area (Å²) in [5.74, 6) is 6.41. The molecule has 1 aromatic carbocycles. The molecule has 0 radical (unpaired) electrons. The predicted octanol–water partition coefficient (Wildman–Crippen LogP) is 3.30. The Kier molecular flexibility index (Phi) is 5.64. The molecule has 0 aliphatic heterocycles. The van der Waals surface area contributed by atoms with Crippen LogP contribution in [-0.4, -0.2) is 24.1 Å². The number of nitrogens with one attached hydrogen (secondary N) is 1. The van der Waals surface area contributed by atoms with E-state index < -0.39 is 0 Å². The number of benzene rings is 1. The first-order valence-corrected chi connectivity index (χ1v) is 7.97. The Morgan fingerprint density at radius 3 is 2.89 bits per heavy atom. The lowest BCUT2D eigenvalue weighted by Gasteiger charge is -2.28. The summed E-state index contributed by atoms with van der Waals surface area (Å²) in [5, 5.41) is 4.41. The highest BCUT2D eigenvalue weighted by Gasteiger charge is 2.20. The Morgan fingerprint density at radius 2 is 2.11 bits per heavy atom. The molecule has 1 aliphatic carbocycles. The lowest BCUT2D eigenvalue weighted by molar-refractivity contribution is 0.394. The fraction of sp³-hybridized carbons (Fsp3) is 0.500. The van der Waals surface area contributed by atoms with Crippen molar-refractivity contribution in [1.82, 2.24) is 5.32 Å². The SMILES string of the molecule is CSC1CCCC(NCC#Cc2ccccc2)C1. The molecule has 0 heterocycles.